The summed E-state index contributed by atoms with van der Waals surface area (Å²) in [5.74, 6) is 1.14. The highest BCUT2D eigenvalue weighted by molar-refractivity contribution is 5.24. The van der Waals surface area contributed by atoms with Gasteiger partial charge in [-0.2, -0.15) is 0 Å². The van der Waals surface area contributed by atoms with E-state index < -0.39 is 0 Å². The highest BCUT2D eigenvalue weighted by Gasteiger charge is 2.05. The van der Waals surface area contributed by atoms with E-state index in [1.54, 1.807) is 6.07 Å². The molecule has 0 bridgehead atoms. The smallest absolute Gasteiger partial charge is 0.128 e. The van der Waals surface area contributed by atoms with Crippen LogP contribution >= 0.6 is 0 Å². The van der Waals surface area contributed by atoms with Crippen molar-refractivity contribution in [1.82, 2.24) is 5.32 Å². The third kappa shape index (κ3) is 8.18. The molecule has 21 heavy (non-hydrogen) atoms. The van der Waals surface area contributed by atoms with Gasteiger partial charge in [0.25, 0.3) is 0 Å². The van der Waals surface area contributed by atoms with Crippen LogP contribution in [-0.2, 0) is 17.9 Å². The molecule has 120 valence electrons. The van der Waals surface area contributed by atoms with E-state index in [-0.39, 0.29) is 5.82 Å². The van der Waals surface area contributed by atoms with Crippen molar-refractivity contribution in [1.29, 1.82) is 0 Å². The molecule has 1 aromatic rings. The van der Waals surface area contributed by atoms with Crippen LogP contribution in [0.3, 0.4) is 0 Å². The molecular formula is C18H30FNO. The van der Waals surface area contributed by atoms with E-state index in [0.717, 1.165) is 31.5 Å². The maximum atomic E-state index is 13.8. The van der Waals surface area contributed by atoms with Crippen LogP contribution < -0.4 is 5.32 Å². The minimum absolute atomic E-state index is 0.175. The van der Waals surface area contributed by atoms with E-state index in [2.05, 4.69) is 33.0 Å². The highest BCUT2D eigenvalue weighted by Crippen LogP contribution is 2.13. The first-order chi connectivity index (χ1) is 9.99. The van der Waals surface area contributed by atoms with E-state index in [1.807, 2.05) is 12.1 Å². The van der Waals surface area contributed by atoms with Crippen LogP contribution in [0.5, 0.6) is 0 Å². The van der Waals surface area contributed by atoms with Gasteiger partial charge in [0.15, 0.2) is 0 Å². The average Bonchev–Trinajstić information content (AvgIpc) is 2.40. The highest BCUT2D eigenvalue weighted by atomic mass is 19.1. The summed E-state index contributed by atoms with van der Waals surface area (Å²) in [6, 6.07) is 5.29. The van der Waals surface area contributed by atoms with Crippen molar-refractivity contribution in [3.05, 3.63) is 35.1 Å². The molecule has 1 N–H and O–H groups in total. The summed E-state index contributed by atoms with van der Waals surface area (Å²) in [5, 5.41) is 3.37. The lowest BCUT2D eigenvalue weighted by Crippen LogP contribution is -2.19. The Morgan fingerprint density at radius 1 is 1.14 bits per heavy atom. The third-order valence-electron chi connectivity index (χ3n) is 3.32. The predicted octanol–water partition coefficient (Wildman–Crippen LogP) is 4.52. The Kier molecular flexibility index (Phi) is 8.55. The summed E-state index contributed by atoms with van der Waals surface area (Å²) in [6.45, 7) is 11.6. The van der Waals surface area contributed by atoms with Gasteiger partial charge in [-0.25, -0.2) is 4.39 Å². The summed E-state index contributed by atoms with van der Waals surface area (Å²) in [7, 11) is 0. The fourth-order valence-electron chi connectivity index (χ4n) is 2.13. The van der Waals surface area contributed by atoms with Crippen molar-refractivity contribution in [3.8, 4) is 0 Å². The van der Waals surface area contributed by atoms with E-state index in [4.69, 9.17) is 4.74 Å². The molecule has 0 saturated heterocycles. The van der Waals surface area contributed by atoms with Crippen LogP contribution in [0.25, 0.3) is 0 Å². The van der Waals surface area contributed by atoms with Crippen LogP contribution in [0.15, 0.2) is 18.2 Å². The number of nitrogens with one attached hydrogen (secondary N) is 1. The van der Waals surface area contributed by atoms with E-state index in [9.17, 15) is 4.39 Å². The molecule has 1 aromatic carbocycles. The first-order valence-corrected chi connectivity index (χ1v) is 8.04. The minimum Gasteiger partial charge on any atom is -0.377 e. The number of hydrogen-bond donors (Lipinski definition) is 1. The monoisotopic (exact) mass is 295 g/mol. The first-order valence-electron chi connectivity index (χ1n) is 8.04. The second-order valence-corrected chi connectivity index (χ2v) is 6.54. The van der Waals surface area contributed by atoms with Gasteiger partial charge in [-0.3, -0.25) is 0 Å². The molecule has 0 unspecified atom stereocenters. The molecule has 1 rings (SSSR count). The van der Waals surface area contributed by atoms with Crippen molar-refractivity contribution in [2.24, 2.45) is 11.8 Å². The van der Waals surface area contributed by atoms with E-state index >= 15 is 0 Å². The molecule has 0 aliphatic heterocycles. The first kappa shape index (κ1) is 18.1. The zero-order valence-corrected chi connectivity index (χ0v) is 13.9. The van der Waals surface area contributed by atoms with Crippen LogP contribution in [0.2, 0.25) is 0 Å². The summed E-state index contributed by atoms with van der Waals surface area (Å²) in [4.78, 5) is 0. The number of rotatable bonds is 10. The van der Waals surface area contributed by atoms with Gasteiger partial charge in [0.1, 0.15) is 5.82 Å². The summed E-state index contributed by atoms with van der Waals surface area (Å²) >= 11 is 0. The van der Waals surface area contributed by atoms with Gasteiger partial charge in [-0.05, 0) is 48.9 Å². The quantitative estimate of drug-likeness (QED) is 0.641. The third-order valence-corrected chi connectivity index (χ3v) is 3.32. The minimum atomic E-state index is -0.175. The standard InChI is InChI=1S/C18H30FNO/c1-14(2)6-5-9-21-13-17-10-16(7-8-18(17)19)12-20-11-15(3)4/h7-8,10,14-15,20H,5-6,9,11-13H2,1-4H3. The number of benzene rings is 1. The SMILES string of the molecule is CC(C)CCCOCc1cc(CNCC(C)C)ccc1F. The van der Waals surface area contributed by atoms with Gasteiger partial charge >= 0.3 is 0 Å². The van der Waals surface area contributed by atoms with E-state index in [0.29, 0.717) is 30.6 Å². The van der Waals surface area contributed by atoms with E-state index in [1.165, 1.54) is 0 Å². The Morgan fingerprint density at radius 3 is 2.57 bits per heavy atom. The summed E-state index contributed by atoms with van der Waals surface area (Å²) in [6.07, 6.45) is 2.19. The Bertz CT molecular complexity index is 404. The molecule has 0 aliphatic rings. The molecular weight excluding hydrogens is 265 g/mol. The van der Waals surface area contributed by atoms with Crippen LogP contribution in [-0.4, -0.2) is 13.2 Å². The summed E-state index contributed by atoms with van der Waals surface area (Å²) < 4.78 is 19.3. The van der Waals surface area contributed by atoms with Crippen LogP contribution in [0, 0.1) is 17.7 Å². The maximum Gasteiger partial charge on any atom is 0.128 e. The second-order valence-electron chi connectivity index (χ2n) is 6.54. The zero-order chi connectivity index (χ0) is 15.7. The zero-order valence-electron chi connectivity index (χ0n) is 13.9. The maximum absolute atomic E-state index is 13.8. The summed E-state index contributed by atoms with van der Waals surface area (Å²) in [5.41, 5.74) is 1.77. The van der Waals surface area contributed by atoms with Gasteiger partial charge in [0, 0.05) is 18.7 Å². The second kappa shape index (κ2) is 9.91. The van der Waals surface area contributed by atoms with Gasteiger partial charge in [0.05, 0.1) is 6.61 Å². The molecule has 2 nitrogen and oxygen atoms in total. The molecule has 0 saturated carbocycles. The normalized spacial score (nSPS) is 11.6. The molecule has 0 atom stereocenters. The number of halogens is 1. The lowest BCUT2D eigenvalue weighted by atomic mass is 10.1. The number of hydrogen-bond acceptors (Lipinski definition) is 2. The molecule has 0 aliphatic carbocycles. The Balaban J connectivity index is 2.38. The van der Waals surface area contributed by atoms with Crippen molar-refractivity contribution in [2.45, 2.75) is 53.7 Å². The molecule has 0 fully saturated rings. The topological polar surface area (TPSA) is 21.3 Å². The predicted molar refractivity (Wildman–Crippen MR) is 86.7 cm³/mol. The Labute approximate surface area is 129 Å². The fourth-order valence-corrected chi connectivity index (χ4v) is 2.13. The van der Waals surface area contributed by atoms with Gasteiger partial charge in [-0.1, -0.05) is 33.8 Å². The lowest BCUT2D eigenvalue weighted by molar-refractivity contribution is 0.112. The molecule has 0 spiro atoms. The molecule has 3 heteroatoms. The van der Waals surface area contributed by atoms with Crippen molar-refractivity contribution < 1.29 is 9.13 Å². The van der Waals surface area contributed by atoms with Gasteiger partial charge in [0.2, 0.25) is 0 Å². The van der Waals surface area contributed by atoms with Crippen molar-refractivity contribution in [2.75, 3.05) is 13.2 Å². The van der Waals surface area contributed by atoms with Gasteiger partial charge < -0.3 is 10.1 Å². The molecule has 0 heterocycles. The fraction of sp³-hybridized carbons (Fsp3) is 0.667. The lowest BCUT2D eigenvalue weighted by Gasteiger charge is -2.10. The molecule has 0 amide bonds. The Morgan fingerprint density at radius 2 is 1.90 bits per heavy atom. The molecule has 0 aromatic heterocycles. The van der Waals surface area contributed by atoms with Crippen molar-refractivity contribution in [3.63, 3.8) is 0 Å². The van der Waals surface area contributed by atoms with Crippen LogP contribution in [0.4, 0.5) is 4.39 Å². The van der Waals surface area contributed by atoms with Gasteiger partial charge in [-0.15, -0.1) is 0 Å². The Hall–Kier alpha value is -0.930. The van der Waals surface area contributed by atoms with Crippen molar-refractivity contribution >= 4 is 0 Å². The number of ether oxygens (including phenoxy) is 1. The average molecular weight is 295 g/mol. The largest absolute Gasteiger partial charge is 0.377 e. The van der Waals surface area contributed by atoms with Crippen LogP contribution in [0.1, 0.15) is 51.7 Å². The molecule has 0 radical (unpaired) electrons.